The van der Waals surface area contributed by atoms with E-state index in [-0.39, 0.29) is 23.9 Å². The van der Waals surface area contributed by atoms with Gasteiger partial charge in [0.05, 0.1) is 13.0 Å². The summed E-state index contributed by atoms with van der Waals surface area (Å²) in [6.07, 6.45) is 2.38. The molecule has 0 amide bonds. The molecule has 1 N–H and O–H groups in total. The molecule has 92 valence electrons. The Morgan fingerprint density at radius 1 is 1.20 bits per heavy atom. The molecule has 4 heteroatoms. The number of halogens is 1. The summed E-state index contributed by atoms with van der Waals surface area (Å²) >= 11 is 0. The Bertz CT molecular complexity index is 170. The molecule has 0 fully saturated rings. The van der Waals surface area contributed by atoms with Crippen molar-refractivity contribution in [2.75, 3.05) is 13.2 Å². The quantitative estimate of drug-likeness (QED) is 0.692. The van der Waals surface area contributed by atoms with Gasteiger partial charge in [-0.1, -0.05) is 20.8 Å². The highest BCUT2D eigenvalue weighted by atomic mass is 35.5. The molecule has 0 aliphatic carbocycles. The van der Waals surface area contributed by atoms with E-state index in [1.807, 2.05) is 6.92 Å². The van der Waals surface area contributed by atoms with Crippen LogP contribution in [0.5, 0.6) is 0 Å². The van der Waals surface area contributed by atoms with Gasteiger partial charge >= 0.3 is 5.97 Å². The molecule has 0 heterocycles. The molecule has 0 aromatic rings. The number of carbonyl (C=O) groups excluding carboxylic acids is 1. The van der Waals surface area contributed by atoms with Crippen molar-refractivity contribution in [3.8, 4) is 0 Å². The van der Waals surface area contributed by atoms with Crippen molar-refractivity contribution >= 4 is 18.4 Å². The zero-order valence-electron chi connectivity index (χ0n) is 10.3. The Kier molecular flexibility index (Phi) is 10.3. The first-order chi connectivity index (χ1) is 6.64. The standard InChI is InChI=1S/C11H23NO2.ClH/c1-5-11(6-2,12-7-3)9-10(13)14-8-4;/h12H,5-9H2,1-4H3;1H. The smallest absolute Gasteiger partial charge is 0.307 e. The van der Waals surface area contributed by atoms with E-state index in [4.69, 9.17) is 4.74 Å². The van der Waals surface area contributed by atoms with Crippen LogP contribution >= 0.6 is 12.4 Å². The molecule has 15 heavy (non-hydrogen) atoms. The Hall–Kier alpha value is -0.280. The fraction of sp³-hybridized carbons (Fsp3) is 0.909. The van der Waals surface area contributed by atoms with Crippen molar-refractivity contribution in [1.29, 1.82) is 0 Å². The van der Waals surface area contributed by atoms with E-state index in [9.17, 15) is 4.79 Å². The summed E-state index contributed by atoms with van der Waals surface area (Å²) < 4.78 is 4.97. The highest BCUT2D eigenvalue weighted by molar-refractivity contribution is 5.85. The van der Waals surface area contributed by atoms with E-state index in [0.29, 0.717) is 13.0 Å². The van der Waals surface area contributed by atoms with Crippen molar-refractivity contribution in [2.45, 2.75) is 52.5 Å². The number of hydrogen-bond acceptors (Lipinski definition) is 3. The molecule has 0 saturated heterocycles. The number of hydrogen-bond donors (Lipinski definition) is 1. The van der Waals surface area contributed by atoms with Gasteiger partial charge in [-0.15, -0.1) is 12.4 Å². The average Bonchev–Trinajstić information content (AvgIpc) is 2.17. The van der Waals surface area contributed by atoms with Gasteiger partial charge in [0.1, 0.15) is 0 Å². The normalized spacial score (nSPS) is 10.7. The van der Waals surface area contributed by atoms with Crippen LogP contribution in [-0.4, -0.2) is 24.7 Å². The van der Waals surface area contributed by atoms with Crippen molar-refractivity contribution in [1.82, 2.24) is 5.32 Å². The summed E-state index contributed by atoms with van der Waals surface area (Å²) in [6, 6.07) is 0. The second kappa shape index (κ2) is 8.98. The molecule has 0 atom stereocenters. The second-order valence-corrected chi connectivity index (χ2v) is 3.50. The highest BCUT2D eigenvalue weighted by Gasteiger charge is 2.28. The number of rotatable bonds is 7. The van der Waals surface area contributed by atoms with Crippen LogP contribution in [0.3, 0.4) is 0 Å². The van der Waals surface area contributed by atoms with Crippen LogP contribution < -0.4 is 5.32 Å². The van der Waals surface area contributed by atoms with Crippen molar-refractivity contribution < 1.29 is 9.53 Å². The summed E-state index contributed by atoms with van der Waals surface area (Å²) in [7, 11) is 0. The lowest BCUT2D eigenvalue weighted by atomic mass is 9.89. The first kappa shape index (κ1) is 17.1. The van der Waals surface area contributed by atoms with E-state index >= 15 is 0 Å². The molecule has 0 saturated carbocycles. The fourth-order valence-corrected chi connectivity index (χ4v) is 1.68. The van der Waals surface area contributed by atoms with E-state index in [1.54, 1.807) is 0 Å². The van der Waals surface area contributed by atoms with E-state index in [0.717, 1.165) is 19.4 Å². The minimum Gasteiger partial charge on any atom is -0.466 e. The van der Waals surface area contributed by atoms with Crippen molar-refractivity contribution in [2.24, 2.45) is 0 Å². The predicted molar refractivity (Wildman–Crippen MR) is 65.5 cm³/mol. The van der Waals surface area contributed by atoms with Gasteiger partial charge in [-0.05, 0) is 26.3 Å². The van der Waals surface area contributed by atoms with E-state index < -0.39 is 0 Å². The lowest BCUT2D eigenvalue weighted by Crippen LogP contribution is -2.46. The third kappa shape index (κ3) is 6.00. The minimum absolute atomic E-state index is 0. The van der Waals surface area contributed by atoms with Crippen LogP contribution in [0.25, 0.3) is 0 Å². The monoisotopic (exact) mass is 237 g/mol. The van der Waals surface area contributed by atoms with Gasteiger partial charge in [-0.3, -0.25) is 4.79 Å². The molecule has 0 aliphatic rings. The first-order valence-electron chi connectivity index (χ1n) is 5.54. The van der Waals surface area contributed by atoms with Crippen LogP contribution in [0.2, 0.25) is 0 Å². The van der Waals surface area contributed by atoms with Gasteiger partial charge in [0.15, 0.2) is 0 Å². The molecular formula is C11H24ClNO2. The number of nitrogens with one attached hydrogen (secondary N) is 1. The van der Waals surface area contributed by atoms with Crippen LogP contribution in [0.15, 0.2) is 0 Å². The van der Waals surface area contributed by atoms with Gasteiger partial charge in [0.25, 0.3) is 0 Å². The van der Waals surface area contributed by atoms with E-state index in [2.05, 4.69) is 26.1 Å². The van der Waals surface area contributed by atoms with Crippen LogP contribution in [0.4, 0.5) is 0 Å². The molecule has 0 unspecified atom stereocenters. The van der Waals surface area contributed by atoms with Gasteiger partial charge in [-0.25, -0.2) is 0 Å². The number of esters is 1. The van der Waals surface area contributed by atoms with Crippen molar-refractivity contribution in [3.05, 3.63) is 0 Å². The molecule has 0 aliphatic heterocycles. The third-order valence-corrected chi connectivity index (χ3v) is 2.69. The Morgan fingerprint density at radius 3 is 2.07 bits per heavy atom. The lowest BCUT2D eigenvalue weighted by Gasteiger charge is -2.31. The van der Waals surface area contributed by atoms with Crippen LogP contribution in [-0.2, 0) is 9.53 Å². The summed E-state index contributed by atoms with van der Waals surface area (Å²) in [5.74, 6) is -0.0999. The Balaban J connectivity index is 0. The largest absolute Gasteiger partial charge is 0.466 e. The second-order valence-electron chi connectivity index (χ2n) is 3.50. The van der Waals surface area contributed by atoms with Crippen LogP contribution in [0.1, 0.15) is 47.0 Å². The molecule has 0 rings (SSSR count). The maximum absolute atomic E-state index is 11.4. The highest BCUT2D eigenvalue weighted by Crippen LogP contribution is 2.20. The summed E-state index contributed by atoms with van der Waals surface area (Å²) in [4.78, 5) is 11.4. The molecule has 0 radical (unpaired) electrons. The van der Waals surface area contributed by atoms with Gasteiger partial charge < -0.3 is 10.1 Å². The molecule has 0 aromatic carbocycles. The number of ether oxygens (including phenoxy) is 1. The zero-order valence-corrected chi connectivity index (χ0v) is 11.1. The van der Waals surface area contributed by atoms with Crippen molar-refractivity contribution in [3.63, 3.8) is 0 Å². The molecule has 0 bridgehead atoms. The lowest BCUT2D eigenvalue weighted by molar-refractivity contribution is -0.145. The average molecular weight is 238 g/mol. The molecule has 0 spiro atoms. The van der Waals surface area contributed by atoms with Gasteiger partial charge in [0, 0.05) is 5.54 Å². The summed E-state index contributed by atoms with van der Waals surface area (Å²) in [6.45, 7) is 9.46. The fourth-order valence-electron chi connectivity index (χ4n) is 1.68. The maximum Gasteiger partial charge on any atom is 0.307 e. The SMILES string of the molecule is CCNC(CC)(CC)CC(=O)OCC.Cl. The molecular weight excluding hydrogens is 214 g/mol. The summed E-state index contributed by atoms with van der Waals surface area (Å²) in [5.41, 5.74) is -0.0684. The van der Waals surface area contributed by atoms with Gasteiger partial charge in [-0.2, -0.15) is 0 Å². The molecule has 0 aromatic heterocycles. The van der Waals surface area contributed by atoms with Gasteiger partial charge in [0.2, 0.25) is 0 Å². The summed E-state index contributed by atoms with van der Waals surface area (Å²) in [5, 5.41) is 3.38. The Morgan fingerprint density at radius 2 is 1.73 bits per heavy atom. The number of carbonyl (C=O) groups is 1. The third-order valence-electron chi connectivity index (χ3n) is 2.69. The van der Waals surface area contributed by atoms with Crippen LogP contribution in [0, 0.1) is 0 Å². The zero-order chi connectivity index (χ0) is 11.0. The van der Waals surface area contributed by atoms with E-state index in [1.165, 1.54) is 0 Å². The first-order valence-corrected chi connectivity index (χ1v) is 5.54. The molecule has 3 nitrogen and oxygen atoms in total. The minimum atomic E-state index is -0.0999. The Labute approximate surface area is 99.4 Å². The maximum atomic E-state index is 11.4. The topological polar surface area (TPSA) is 38.3 Å². The predicted octanol–water partition coefficient (Wildman–Crippen LogP) is 2.53.